The number of thiol groups is 1. The highest BCUT2D eigenvalue weighted by Gasteiger charge is 2.33. The lowest BCUT2D eigenvalue weighted by Crippen LogP contribution is -2.46. The van der Waals surface area contributed by atoms with Crippen LogP contribution in [0.5, 0.6) is 0 Å². The van der Waals surface area contributed by atoms with Crippen molar-refractivity contribution in [3.05, 3.63) is 0 Å². The number of nitrogens with zero attached hydrogens (tertiary/aromatic N) is 2. The van der Waals surface area contributed by atoms with Gasteiger partial charge in [0.15, 0.2) is 0 Å². The van der Waals surface area contributed by atoms with Gasteiger partial charge >= 0.3 is 0 Å². The molecule has 112 valence electrons. The van der Waals surface area contributed by atoms with E-state index in [0.29, 0.717) is 5.41 Å². The standard InChI is InChI=1S/C16H32N2S/c1-17(2)15-7-11-18(12-8-15)13-16(14-19)9-5-3-4-6-10-16/h15,19H,3-14H2,1-2H3. The van der Waals surface area contributed by atoms with Crippen molar-refractivity contribution >= 4 is 12.6 Å². The van der Waals surface area contributed by atoms with Crippen molar-refractivity contribution in [3.63, 3.8) is 0 Å². The van der Waals surface area contributed by atoms with Crippen molar-refractivity contribution in [3.8, 4) is 0 Å². The SMILES string of the molecule is CN(C)C1CCN(CC2(CS)CCCCCC2)CC1. The number of likely N-dealkylation sites (tertiary alicyclic amines) is 1. The van der Waals surface area contributed by atoms with Gasteiger partial charge < -0.3 is 9.80 Å². The molecule has 1 saturated heterocycles. The van der Waals surface area contributed by atoms with E-state index in [0.717, 1.165) is 11.8 Å². The second kappa shape index (κ2) is 7.33. The van der Waals surface area contributed by atoms with E-state index >= 15 is 0 Å². The van der Waals surface area contributed by atoms with Crippen LogP contribution in [0.3, 0.4) is 0 Å². The maximum Gasteiger partial charge on any atom is 0.0113 e. The minimum absolute atomic E-state index is 0.518. The number of hydrogen-bond acceptors (Lipinski definition) is 3. The Morgan fingerprint density at radius 1 is 1.05 bits per heavy atom. The van der Waals surface area contributed by atoms with E-state index in [1.54, 1.807) is 0 Å². The Morgan fingerprint density at radius 3 is 2.11 bits per heavy atom. The van der Waals surface area contributed by atoms with Gasteiger partial charge in [-0.05, 0) is 64.0 Å². The molecule has 0 atom stereocenters. The van der Waals surface area contributed by atoms with Crippen LogP contribution in [0.1, 0.15) is 51.4 Å². The highest BCUT2D eigenvalue weighted by Crippen LogP contribution is 2.37. The monoisotopic (exact) mass is 284 g/mol. The lowest BCUT2D eigenvalue weighted by Gasteiger charge is -2.41. The third-order valence-corrected chi connectivity index (χ3v) is 6.02. The summed E-state index contributed by atoms with van der Waals surface area (Å²) in [5.74, 6) is 1.08. The van der Waals surface area contributed by atoms with Crippen LogP contribution < -0.4 is 0 Å². The summed E-state index contributed by atoms with van der Waals surface area (Å²) in [6, 6.07) is 0.803. The molecule has 1 heterocycles. The Morgan fingerprint density at radius 2 is 1.63 bits per heavy atom. The van der Waals surface area contributed by atoms with Gasteiger partial charge in [0.2, 0.25) is 0 Å². The van der Waals surface area contributed by atoms with E-state index in [1.807, 2.05) is 0 Å². The molecule has 0 aromatic rings. The summed E-state index contributed by atoms with van der Waals surface area (Å²) >= 11 is 4.71. The first-order valence-electron chi connectivity index (χ1n) is 8.15. The van der Waals surface area contributed by atoms with Crippen LogP contribution in [0, 0.1) is 5.41 Å². The van der Waals surface area contributed by atoms with Crippen molar-refractivity contribution in [2.75, 3.05) is 39.5 Å². The van der Waals surface area contributed by atoms with Gasteiger partial charge in [0, 0.05) is 12.6 Å². The van der Waals surface area contributed by atoms with Gasteiger partial charge in [-0.15, -0.1) is 0 Å². The van der Waals surface area contributed by atoms with Gasteiger partial charge in [0.25, 0.3) is 0 Å². The van der Waals surface area contributed by atoms with Gasteiger partial charge in [0.1, 0.15) is 0 Å². The van der Waals surface area contributed by atoms with E-state index in [9.17, 15) is 0 Å². The van der Waals surface area contributed by atoms with Crippen LogP contribution in [-0.4, -0.2) is 55.3 Å². The molecule has 0 bridgehead atoms. The summed E-state index contributed by atoms with van der Waals surface area (Å²) in [5.41, 5.74) is 0.518. The zero-order valence-electron chi connectivity index (χ0n) is 12.9. The Bertz CT molecular complexity index is 251. The highest BCUT2D eigenvalue weighted by atomic mass is 32.1. The van der Waals surface area contributed by atoms with Gasteiger partial charge in [-0.3, -0.25) is 0 Å². The molecule has 2 rings (SSSR count). The number of hydrogen-bond donors (Lipinski definition) is 1. The average Bonchev–Trinajstić information content (AvgIpc) is 2.65. The molecule has 1 aliphatic heterocycles. The Hall–Kier alpha value is 0.270. The zero-order chi connectivity index (χ0) is 13.7. The van der Waals surface area contributed by atoms with E-state index in [2.05, 4.69) is 23.9 Å². The lowest BCUT2D eigenvalue weighted by molar-refractivity contribution is 0.0955. The van der Waals surface area contributed by atoms with Crippen molar-refractivity contribution in [2.24, 2.45) is 5.41 Å². The molecule has 2 nitrogen and oxygen atoms in total. The van der Waals surface area contributed by atoms with Crippen LogP contribution in [0.4, 0.5) is 0 Å². The summed E-state index contributed by atoms with van der Waals surface area (Å²) < 4.78 is 0. The quantitative estimate of drug-likeness (QED) is 0.625. The van der Waals surface area contributed by atoms with Crippen LogP contribution in [0.2, 0.25) is 0 Å². The van der Waals surface area contributed by atoms with Crippen LogP contribution in [0.15, 0.2) is 0 Å². The third-order valence-electron chi connectivity index (χ3n) is 5.35. The topological polar surface area (TPSA) is 6.48 Å². The fraction of sp³-hybridized carbons (Fsp3) is 1.00. The van der Waals surface area contributed by atoms with E-state index < -0.39 is 0 Å². The fourth-order valence-corrected chi connectivity index (χ4v) is 4.33. The molecule has 0 unspecified atom stereocenters. The minimum atomic E-state index is 0.518. The Kier molecular flexibility index (Phi) is 6.04. The van der Waals surface area contributed by atoms with Crippen molar-refractivity contribution in [1.29, 1.82) is 0 Å². The summed E-state index contributed by atoms with van der Waals surface area (Å²) in [6.07, 6.45) is 11.2. The van der Waals surface area contributed by atoms with Gasteiger partial charge in [-0.25, -0.2) is 0 Å². The van der Waals surface area contributed by atoms with Crippen molar-refractivity contribution in [2.45, 2.75) is 57.4 Å². The van der Waals surface area contributed by atoms with E-state index in [-0.39, 0.29) is 0 Å². The van der Waals surface area contributed by atoms with Gasteiger partial charge in [-0.2, -0.15) is 12.6 Å². The van der Waals surface area contributed by atoms with Crippen LogP contribution in [-0.2, 0) is 0 Å². The largest absolute Gasteiger partial charge is 0.306 e. The summed E-state index contributed by atoms with van der Waals surface area (Å²) in [5, 5.41) is 0. The second-order valence-corrected chi connectivity index (χ2v) is 7.36. The molecule has 0 radical (unpaired) electrons. The predicted molar refractivity (Wildman–Crippen MR) is 87.1 cm³/mol. The maximum absolute atomic E-state index is 4.71. The van der Waals surface area contributed by atoms with Gasteiger partial charge in [0.05, 0.1) is 0 Å². The number of piperidine rings is 1. The highest BCUT2D eigenvalue weighted by molar-refractivity contribution is 7.80. The second-order valence-electron chi connectivity index (χ2n) is 7.04. The Labute approximate surface area is 125 Å². The molecular formula is C16H32N2S. The first-order chi connectivity index (χ1) is 9.15. The summed E-state index contributed by atoms with van der Waals surface area (Å²) in [4.78, 5) is 5.12. The molecule has 2 fully saturated rings. The number of rotatable bonds is 4. The first kappa shape index (κ1) is 15.7. The fourth-order valence-electron chi connectivity index (χ4n) is 3.91. The third kappa shape index (κ3) is 4.37. The van der Waals surface area contributed by atoms with Crippen molar-refractivity contribution in [1.82, 2.24) is 9.80 Å². The summed E-state index contributed by atoms with van der Waals surface area (Å²) in [7, 11) is 4.45. The van der Waals surface area contributed by atoms with E-state index in [1.165, 1.54) is 71.0 Å². The Balaban J connectivity index is 1.85. The van der Waals surface area contributed by atoms with E-state index in [4.69, 9.17) is 12.6 Å². The van der Waals surface area contributed by atoms with Gasteiger partial charge in [-0.1, -0.05) is 25.7 Å². The average molecular weight is 285 g/mol. The molecule has 0 amide bonds. The lowest BCUT2D eigenvalue weighted by atomic mass is 9.81. The van der Waals surface area contributed by atoms with Crippen molar-refractivity contribution < 1.29 is 0 Å². The molecule has 3 heteroatoms. The smallest absolute Gasteiger partial charge is 0.0113 e. The molecule has 2 aliphatic rings. The molecule has 19 heavy (non-hydrogen) atoms. The molecule has 0 N–H and O–H groups in total. The molecule has 0 aromatic heterocycles. The first-order valence-corrected chi connectivity index (χ1v) is 8.78. The van der Waals surface area contributed by atoms with Crippen LogP contribution in [0.25, 0.3) is 0 Å². The normalized spacial score (nSPS) is 26.5. The predicted octanol–water partition coefficient (Wildman–Crippen LogP) is 3.28. The zero-order valence-corrected chi connectivity index (χ0v) is 13.8. The molecule has 1 aliphatic carbocycles. The molecule has 0 spiro atoms. The molecular weight excluding hydrogens is 252 g/mol. The van der Waals surface area contributed by atoms with Crippen LogP contribution >= 0.6 is 12.6 Å². The summed E-state index contributed by atoms with van der Waals surface area (Å²) in [6.45, 7) is 3.88. The molecule has 0 aromatic carbocycles. The minimum Gasteiger partial charge on any atom is -0.306 e. The molecule has 1 saturated carbocycles. The maximum atomic E-state index is 4.71.